The summed E-state index contributed by atoms with van der Waals surface area (Å²) in [6, 6.07) is 5.21. The predicted octanol–water partition coefficient (Wildman–Crippen LogP) is 2.06. The molecule has 1 rings (SSSR count). The largest absolute Gasteiger partial charge is 0.465 e. The smallest absolute Gasteiger partial charge is 0.338 e. The lowest BCUT2D eigenvalue weighted by atomic mass is 10.1. The molecule has 0 unspecified atom stereocenters. The first-order valence-electron chi connectivity index (χ1n) is 3.54. The minimum Gasteiger partial charge on any atom is -0.465 e. The van der Waals surface area contributed by atoms with Crippen molar-refractivity contribution < 1.29 is 9.53 Å². The highest BCUT2D eigenvalue weighted by Crippen LogP contribution is 2.17. The number of halogens is 1. The summed E-state index contributed by atoms with van der Waals surface area (Å²) in [4.78, 5) is 11.2. The van der Waals surface area contributed by atoms with Gasteiger partial charge in [0, 0.05) is 9.13 Å². The third-order valence-corrected chi connectivity index (χ3v) is 2.72. The maximum Gasteiger partial charge on any atom is 0.338 e. The summed E-state index contributed by atoms with van der Waals surface area (Å²) in [7, 11) is 1.35. The molecule has 3 heteroatoms. The van der Waals surface area contributed by atoms with Crippen LogP contribution in [-0.2, 0) is 4.74 Å². The van der Waals surface area contributed by atoms with Gasteiger partial charge in [-0.2, -0.15) is 0 Å². The lowest BCUT2D eigenvalue weighted by Gasteiger charge is -2.03. The Hall–Kier alpha value is -1.02. The Balaban J connectivity index is 3.25. The first kappa shape index (κ1) is 10.1. The van der Waals surface area contributed by atoms with Crippen molar-refractivity contribution in [2.24, 2.45) is 0 Å². The third kappa shape index (κ3) is 2.01. The SMILES string of the molecule is C#Cc1cccc(C(=O)OC)c1I. The molecule has 2 nitrogen and oxygen atoms in total. The van der Waals surface area contributed by atoms with E-state index >= 15 is 0 Å². The number of carbonyl (C=O) groups is 1. The van der Waals surface area contributed by atoms with Crippen LogP contribution < -0.4 is 0 Å². The van der Waals surface area contributed by atoms with Gasteiger partial charge in [-0.3, -0.25) is 0 Å². The van der Waals surface area contributed by atoms with Crippen LogP contribution in [-0.4, -0.2) is 13.1 Å². The lowest BCUT2D eigenvalue weighted by Crippen LogP contribution is -2.04. The van der Waals surface area contributed by atoms with Crippen molar-refractivity contribution in [1.29, 1.82) is 0 Å². The van der Waals surface area contributed by atoms with Gasteiger partial charge in [0.2, 0.25) is 0 Å². The molecule has 0 aliphatic heterocycles. The van der Waals surface area contributed by atoms with Crippen LogP contribution in [0.1, 0.15) is 15.9 Å². The standard InChI is InChI=1S/C10H7IO2/c1-3-7-5-4-6-8(9(7)11)10(12)13-2/h1,4-6H,2H3. The number of rotatable bonds is 1. The van der Waals surface area contributed by atoms with Crippen LogP contribution >= 0.6 is 22.6 Å². The van der Waals surface area contributed by atoms with E-state index in [9.17, 15) is 4.79 Å². The number of hydrogen-bond donors (Lipinski definition) is 0. The number of ether oxygens (including phenoxy) is 1. The molecule has 0 radical (unpaired) electrons. The van der Waals surface area contributed by atoms with Crippen LogP contribution in [0.25, 0.3) is 0 Å². The van der Waals surface area contributed by atoms with Gasteiger partial charge < -0.3 is 4.74 Å². The summed E-state index contributed by atoms with van der Waals surface area (Å²) in [5.41, 5.74) is 1.22. The molecule has 1 aromatic carbocycles. The van der Waals surface area contributed by atoms with E-state index in [4.69, 9.17) is 6.42 Å². The number of methoxy groups -OCH3 is 1. The fourth-order valence-corrected chi connectivity index (χ4v) is 1.65. The van der Waals surface area contributed by atoms with Crippen LogP contribution in [0.15, 0.2) is 18.2 Å². The zero-order valence-electron chi connectivity index (χ0n) is 7.00. The Bertz CT molecular complexity index is 377. The van der Waals surface area contributed by atoms with Crippen molar-refractivity contribution in [3.8, 4) is 12.3 Å². The molecule has 0 saturated heterocycles. The normalized spacial score (nSPS) is 9.00. The molecule has 0 spiro atoms. The molecule has 0 fully saturated rings. The minimum atomic E-state index is -0.360. The van der Waals surface area contributed by atoms with Crippen LogP contribution in [0.4, 0.5) is 0 Å². The summed E-state index contributed by atoms with van der Waals surface area (Å²) in [5, 5.41) is 0. The summed E-state index contributed by atoms with van der Waals surface area (Å²) < 4.78 is 5.36. The lowest BCUT2D eigenvalue weighted by molar-refractivity contribution is 0.0599. The van der Waals surface area contributed by atoms with Crippen LogP contribution in [0.3, 0.4) is 0 Å². The van der Waals surface area contributed by atoms with E-state index < -0.39 is 0 Å². The maximum absolute atomic E-state index is 11.2. The van der Waals surface area contributed by atoms with Crippen LogP contribution in [0, 0.1) is 15.9 Å². The number of benzene rings is 1. The first-order valence-corrected chi connectivity index (χ1v) is 4.62. The van der Waals surface area contributed by atoms with Gasteiger partial charge >= 0.3 is 5.97 Å². The molecule has 0 aliphatic rings. The topological polar surface area (TPSA) is 26.3 Å². The quantitative estimate of drug-likeness (QED) is 0.449. The van der Waals surface area contributed by atoms with Crippen molar-refractivity contribution in [1.82, 2.24) is 0 Å². The van der Waals surface area contributed by atoms with Gasteiger partial charge in [0.25, 0.3) is 0 Å². The molecule has 0 aliphatic carbocycles. The third-order valence-electron chi connectivity index (χ3n) is 1.56. The van der Waals surface area contributed by atoms with Gasteiger partial charge in [-0.05, 0) is 34.7 Å². The molecule has 0 aromatic heterocycles. The average molecular weight is 286 g/mol. The van der Waals surface area contributed by atoms with Crippen LogP contribution in [0.2, 0.25) is 0 Å². The summed E-state index contributed by atoms with van der Waals surface area (Å²) in [6.45, 7) is 0. The number of terminal acetylenes is 1. The number of carbonyl (C=O) groups excluding carboxylic acids is 1. The molecule has 1 aromatic rings. The Morgan fingerprint density at radius 1 is 1.62 bits per heavy atom. The molecule has 13 heavy (non-hydrogen) atoms. The van der Waals surface area contributed by atoms with E-state index in [1.807, 2.05) is 22.6 Å². The van der Waals surface area contributed by atoms with Crippen LogP contribution in [0.5, 0.6) is 0 Å². The molecule has 0 N–H and O–H groups in total. The van der Waals surface area contributed by atoms with E-state index in [2.05, 4.69) is 10.7 Å². The Morgan fingerprint density at radius 3 is 2.85 bits per heavy atom. The fraction of sp³-hybridized carbons (Fsp3) is 0.100. The Kier molecular flexibility index (Phi) is 3.32. The van der Waals surface area contributed by atoms with E-state index in [0.717, 1.165) is 3.57 Å². The van der Waals surface area contributed by atoms with Gasteiger partial charge in [0.15, 0.2) is 0 Å². The minimum absolute atomic E-state index is 0.360. The first-order chi connectivity index (χ1) is 6.20. The summed E-state index contributed by atoms with van der Waals surface area (Å²) in [5.74, 6) is 2.14. The summed E-state index contributed by atoms with van der Waals surface area (Å²) >= 11 is 2.04. The number of esters is 1. The molecular formula is C10H7IO2. The van der Waals surface area contributed by atoms with Crippen molar-refractivity contribution in [3.63, 3.8) is 0 Å². The fourth-order valence-electron chi connectivity index (χ4n) is 0.911. The van der Waals surface area contributed by atoms with Crippen molar-refractivity contribution >= 4 is 28.6 Å². The second-order valence-electron chi connectivity index (χ2n) is 2.30. The molecule has 66 valence electrons. The highest BCUT2D eigenvalue weighted by atomic mass is 127. The molecule has 0 heterocycles. The molecular weight excluding hydrogens is 279 g/mol. The second-order valence-corrected chi connectivity index (χ2v) is 3.38. The molecule has 0 saturated carbocycles. The van der Waals surface area contributed by atoms with Gasteiger partial charge in [-0.15, -0.1) is 6.42 Å². The number of hydrogen-bond acceptors (Lipinski definition) is 2. The maximum atomic E-state index is 11.2. The van der Waals surface area contributed by atoms with Gasteiger partial charge in [0.05, 0.1) is 12.7 Å². The second kappa shape index (κ2) is 4.28. The molecule has 0 amide bonds. The summed E-state index contributed by atoms with van der Waals surface area (Å²) in [6.07, 6.45) is 5.25. The van der Waals surface area contributed by atoms with Crippen molar-refractivity contribution in [2.75, 3.05) is 7.11 Å². The predicted molar refractivity (Wildman–Crippen MR) is 58.4 cm³/mol. The molecule has 0 bridgehead atoms. The zero-order chi connectivity index (χ0) is 9.84. The zero-order valence-corrected chi connectivity index (χ0v) is 9.16. The Morgan fingerprint density at radius 2 is 2.31 bits per heavy atom. The van der Waals surface area contributed by atoms with E-state index in [1.165, 1.54) is 7.11 Å². The molecule has 0 atom stereocenters. The van der Waals surface area contributed by atoms with Crippen molar-refractivity contribution in [3.05, 3.63) is 32.9 Å². The van der Waals surface area contributed by atoms with E-state index in [-0.39, 0.29) is 5.97 Å². The van der Waals surface area contributed by atoms with Gasteiger partial charge in [-0.25, -0.2) is 4.79 Å². The van der Waals surface area contributed by atoms with Gasteiger partial charge in [-0.1, -0.05) is 12.0 Å². The average Bonchev–Trinajstić information content (AvgIpc) is 2.17. The Labute approximate surface area is 90.4 Å². The van der Waals surface area contributed by atoms with Crippen molar-refractivity contribution in [2.45, 2.75) is 0 Å². The highest BCUT2D eigenvalue weighted by Gasteiger charge is 2.11. The monoisotopic (exact) mass is 286 g/mol. The highest BCUT2D eigenvalue weighted by molar-refractivity contribution is 14.1. The van der Waals surface area contributed by atoms with E-state index in [0.29, 0.717) is 11.1 Å². The van der Waals surface area contributed by atoms with Gasteiger partial charge in [0.1, 0.15) is 0 Å². The van der Waals surface area contributed by atoms with E-state index in [1.54, 1.807) is 18.2 Å².